The summed E-state index contributed by atoms with van der Waals surface area (Å²) in [7, 11) is 0. The third-order valence-electron chi connectivity index (χ3n) is 2.42. The maximum absolute atomic E-state index is 4.58. The first-order valence-electron chi connectivity index (χ1n) is 4.64. The number of rotatable bonds is 1. The van der Waals surface area contributed by atoms with Gasteiger partial charge in [0.1, 0.15) is 0 Å². The highest BCUT2D eigenvalue weighted by atomic mass is 32.1. The Hall–Kier alpha value is -1.62. The van der Waals surface area contributed by atoms with Gasteiger partial charge in [-0.05, 0) is 12.1 Å². The predicted molar refractivity (Wildman–Crippen MR) is 62.9 cm³/mol. The van der Waals surface area contributed by atoms with Crippen LogP contribution in [0.3, 0.4) is 0 Å². The van der Waals surface area contributed by atoms with Gasteiger partial charge in [-0.15, -0.1) is 12.6 Å². The van der Waals surface area contributed by atoms with E-state index in [0.29, 0.717) is 0 Å². The van der Waals surface area contributed by atoms with Crippen molar-refractivity contribution in [3.05, 3.63) is 43.0 Å². The van der Waals surface area contributed by atoms with Crippen LogP contribution in [0.1, 0.15) is 0 Å². The molecule has 2 N–H and O–H groups in total. The van der Waals surface area contributed by atoms with Crippen LogP contribution in [0, 0.1) is 0 Å². The topological polar surface area (TPSA) is 41.9 Å². The van der Waals surface area contributed by atoms with Gasteiger partial charge in [0.05, 0.1) is 17.7 Å². The first kappa shape index (κ1) is 8.67. The van der Waals surface area contributed by atoms with Crippen molar-refractivity contribution >= 4 is 24.0 Å². The number of anilines is 2. The molecular weight excluding hydrogens is 208 g/mol. The zero-order chi connectivity index (χ0) is 10.3. The Bertz CT molecular complexity index is 455. The molecule has 2 aromatic rings. The lowest BCUT2D eigenvalue weighted by Crippen LogP contribution is -2.38. The van der Waals surface area contributed by atoms with Gasteiger partial charge in [0.15, 0.2) is 0 Å². The van der Waals surface area contributed by atoms with Crippen molar-refractivity contribution in [1.29, 1.82) is 0 Å². The van der Waals surface area contributed by atoms with Gasteiger partial charge in [0.25, 0.3) is 0 Å². The van der Waals surface area contributed by atoms with Crippen molar-refractivity contribution < 1.29 is 0 Å². The lowest BCUT2D eigenvalue weighted by molar-refractivity contribution is 0.589. The first-order valence-corrected chi connectivity index (χ1v) is 5.09. The molecule has 0 spiro atoms. The van der Waals surface area contributed by atoms with Crippen molar-refractivity contribution in [1.82, 2.24) is 9.55 Å². The zero-order valence-corrected chi connectivity index (χ0v) is 8.78. The summed E-state index contributed by atoms with van der Waals surface area (Å²) in [6.45, 7) is 0. The minimum absolute atomic E-state index is 0.625. The third kappa shape index (κ3) is 1.27. The monoisotopic (exact) mass is 218 g/mol. The molecule has 2 heterocycles. The molecule has 0 bridgehead atoms. The van der Waals surface area contributed by atoms with E-state index >= 15 is 0 Å². The summed E-state index contributed by atoms with van der Waals surface area (Å²) >= 11 is 4.58. The third-order valence-corrected chi connectivity index (χ3v) is 2.88. The average molecular weight is 218 g/mol. The summed E-state index contributed by atoms with van der Waals surface area (Å²) < 4.78 is 1.87. The van der Waals surface area contributed by atoms with Crippen LogP contribution in [0.15, 0.2) is 43.0 Å². The molecule has 0 unspecified atom stereocenters. The second kappa shape index (κ2) is 2.93. The predicted octanol–water partition coefficient (Wildman–Crippen LogP) is 1.92. The smallest absolute Gasteiger partial charge is 0.240 e. The molecule has 4 nitrogen and oxygen atoms in total. The van der Waals surface area contributed by atoms with E-state index < -0.39 is 5.12 Å². The van der Waals surface area contributed by atoms with Crippen molar-refractivity contribution in [2.24, 2.45) is 0 Å². The van der Waals surface area contributed by atoms with E-state index in [1.165, 1.54) is 0 Å². The van der Waals surface area contributed by atoms with Gasteiger partial charge in [0.2, 0.25) is 5.12 Å². The van der Waals surface area contributed by atoms with Crippen LogP contribution < -0.4 is 10.6 Å². The standard InChI is InChI=1S/C10H10N4S/c15-10(14-6-5-11-7-14)12-8-3-1-2-4-9(8)13-10/h1-7,12-13,15H. The van der Waals surface area contributed by atoms with Crippen LogP contribution in [0.5, 0.6) is 0 Å². The Morgan fingerprint density at radius 2 is 1.87 bits per heavy atom. The molecule has 0 atom stereocenters. The fourth-order valence-corrected chi connectivity index (χ4v) is 2.05. The molecule has 0 saturated heterocycles. The number of nitrogens with zero attached hydrogens (tertiary/aromatic N) is 2. The molecule has 0 aliphatic carbocycles. The highest BCUT2D eigenvalue weighted by molar-refractivity contribution is 7.81. The second-order valence-corrected chi connectivity index (χ2v) is 4.08. The molecular formula is C10H10N4S. The SMILES string of the molecule is SC1(n2ccnc2)Nc2ccccc2N1. The number of nitrogens with one attached hydrogen (secondary N) is 2. The number of hydrogen-bond acceptors (Lipinski definition) is 4. The Kier molecular flexibility index (Phi) is 1.70. The van der Waals surface area contributed by atoms with E-state index in [4.69, 9.17) is 0 Å². The van der Waals surface area contributed by atoms with Gasteiger partial charge >= 0.3 is 0 Å². The maximum atomic E-state index is 4.58. The van der Waals surface area contributed by atoms with E-state index in [1.54, 1.807) is 12.5 Å². The number of thiol groups is 1. The van der Waals surface area contributed by atoms with Crippen LogP contribution >= 0.6 is 12.6 Å². The van der Waals surface area contributed by atoms with E-state index in [9.17, 15) is 0 Å². The summed E-state index contributed by atoms with van der Waals surface area (Å²) in [6.07, 6.45) is 5.31. The molecule has 76 valence electrons. The van der Waals surface area contributed by atoms with Gasteiger partial charge < -0.3 is 10.6 Å². The Morgan fingerprint density at radius 1 is 1.20 bits per heavy atom. The lowest BCUT2D eigenvalue weighted by atomic mass is 10.3. The molecule has 1 aliphatic heterocycles. The quantitative estimate of drug-likeness (QED) is 0.641. The summed E-state index contributed by atoms with van der Waals surface area (Å²) in [4.78, 5) is 4.01. The van der Waals surface area contributed by atoms with E-state index in [-0.39, 0.29) is 0 Å². The Balaban J connectivity index is 2.01. The van der Waals surface area contributed by atoms with E-state index in [2.05, 4.69) is 28.2 Å². The molecule has 0 saturated carbocycles. The van der Waals surface area contributed by atoms with Crippen molar-refractivity contribution in [3.8, 4) is 0 Å². The molecule has 5 heteroatoms. The number of para-hydroxylation sites is 2. The lowest BCUT2D eigenvalue weighted by Gasteiger charge is -2.25. The maximum Gasteiger partial charge on any atom is 0.240 e. The second-order valence-electron chi connectivity index (χ2n) is 3.44. The van der Waals surface area contributed by atoms with Gasteiger partial charge in [-0.1, -0.05) is 12.1 Å². The molecule has 1 aromatic carbocycles. The van der Waals surface area contributed by atoms with Crippen LogP contribution in [0.4, 0.5) is 11.4 Å². The molecule has 15 heavy (non-hydrogen) atoms. The molecule has 0 radical (unpaired) electrons. The highest BCUT2D eigenvalue weighted by Gasteiger charge is 2.33. The normalized spacial score (nSPS) is 16.6. The van der Waals surface area contributed by atoms with E-state index in [1.807, 2.05) is 35.0 Å². The van der Waals surface area contributed by atoms with Crippen LogP contribution in [0.2, 0.25) is 0 Å². The van der Waals surface area contributed by atoms with Crippen LogP contribution in [-0.4, -0.2) is 9.55 Å². The number of imidazole rings is 1. The fourth-order valence-electron chi connectivity index (χ4n) is 1.69. The van der Waals surface area contributed by atoms with Gasteiger partial charge in [0, 0.05) is 12.4 Å². The minimum Gasteiger partial charge on any atom is -0.335 e. The summed E-state index contributed by atoms with van der Waals surface area (Å²) in [5.74, 6) is 0. The Morgan fingerprint density at radius 3 is 2.40 bits per heavy atom. The van der Waals surface area contributed by atoms with Crippen LogP contribution in [-0.2, 0) is 5.12 Å². The summed E-state index contributed by atoms with van der Waals surface area (Å²) in [5.41, 5.74) is 2.09. The first-order chi connectivity index (χ1) is 7.28. The van der Waals surface area contributed by atoms with E-state index in [0.717, 1.165) is 11.4 Å². The van der Waals surface area contributed by atoms with Gasteiger partial charge in [-0.25, -0.2) is 4.98 Å². The van der Waals surface area contributed by atoms with Crippen LogP contribution in [0.25, 0.3) is 0 Å². The number of benzene rings is 1. The highest BCUT2D eigenvalue weighted by Crippen LogP contribution is 2.37. The minimum atomic E-state index is -0.625. The molecule has 0 fully saturated rings. The van der Waals surface area contributed by atoms with Crippen molar-refractivity contribution in [3.63, 3.8) is 0 Å². The van der Waals surface area contributed by atoms with Gasteiger partial charge in [-0.3, -0.25) is 4.57 Å². The molecule has 1 aromatic heterocycles. The molecule has 1 aliphatic rings. The largest absolute Gasteiger partial charge is 0.335 e. The Labute approximate surface area is 92.7 Å². The summed E-state index contributed by atoms with van der Waals surface area (Å²) in [6, 6.07) is 8.00. The van der Waals surface area contributed by atoms with Crippen molar-refractivity contribution in [2.75, 3.05) is 10.6 Å². The zero-order valence-electron chi connectivity index (χ0n) is 7.88. The van der Waals surface area contributed by atoms with Gasteiger partial charge in [-0.2, -0.15) is 0 Å². The summed E-state index contributed by atoms with van der Waals surface area (Å²) in [5, 5.41) is 5.95. The molecule has 3 rings (SSSR count). The number of fused-ring (bicyclic) bond motifs is 1. The average Bonchev–Trinajstić information content (AvgIpc) is 2.83. The fraction of sp³-hybridized carbons (Fsp3) is 0.100. The number of aromatic nitrogens is 2. The molecule has 0 amide bonds. The van der Waals surface area contributed by atoms with Crippen molar-refractivity contribution in [2.45, 2.75) is 5.12 Å². The number of hydrogen-bond donors (Lipinski definition) is 3.